The number of rotatable bonds is 3. The van der Waals surface area contributed by atoms with E-state index in [1.165, 1.54) is 31.4 Å². The maximum atomic E-state index is 11.0. The van der Waals surface area contributed by atoms with Crippen LogP contribution in [0.3, 0.4) is 0 Å². The molecule has 3 rings (SSSR count). The molecule has 1 aromatic carbocycles. The third-order valence-electron chi connectivity index (χ3n) is 4.91. The first-order valence-electron chi connectivity index (χ1n) is 7.77. The molecule has 0 aliphatic carbocycles. The monoisotopic (exact) mass is 259 g/mol. The number of hydrogen-bond acceptors (Lipinski definition) is 2. The Morgan fingerprint density at radius 2 is 2.05 bits per heavy atom. The molecule has 2 aliphatic rings. The molecule has 1 N–H and O–H groups in total. The van der Waals surface area contributed by atoms with Crippen LogP contribution in [-0.2, 0) is 12.0 Å². The van der Waals surface area contributed by atoms with E-state index in [1.807, 2.05) is 0 Å². The summed E-state index contributed by atoms with van der Waals surface area (Å²) < 4.78 is 0. The summed E-state index contributed by atoms with van der Waals surface area (Å²) in [4.78, 5) is 2.56. The van der Waals surface area contributed by atoms with Crippen LogP contribution >= 0.6 is 0 Å². The lowest BCUT2D eigenvalue weighted by molar-refractivity contribution is -0.0409. The van der Waals surface area contributed by atoms with Crippen molar-refractivity contribution in [1.82, 2.24) is 4.90 Å². The topological polar surface area (TPSA) is 23.5 Å². The zero-order valence-corrected chi connectivity index (χ0v) is 11.9. The molecule has 2 fully saturated rings. The Kier molecular flexibility index (Phi) is 3.64. The van der Waals surface area contributed by atoms with Crippen molar-refractivity contribution >= 4 is 0 Å². The molecule has 0 radical (unpaired) electrons. The van der Waals surface area contributed by atoms with Gasteiger partial charge < -0.3 is 10.0 Å². The van der Waals surface area contributed by atoms with E-state index in [4.69, 9.17) is 0 Å². The molecular weight excluding hydrogens is 234 g/mol. The number of fused-ring (bicyclic) bond motifs is 1. The minimum absolute atomic E-state index is 0.587. The second kappa shape index (κ2) is 5.26. The molecule has 0 bridgehead atoms. The van der Waals surface area contributed by atoms with Gasteiger partial charge in [-0.05, 0) is 49.8 Å². The van der Waals surface area contributed by atoms with Crippen molar-refractivity contribution in [1.29, 1.82) is 0 Å². The Labute approximate surface area is 116 Å². The molecule has 19 heavy (non-hydrogen) atoms. The molecule has 0 aromatic heterocycles. The predicted octanol–water partition coefficient (Wildman–Crippen LogP) is 3.08. The van der Waals surface area contributed by atoms with Crippen LogP contribution in [0.2, 0.25) is 0 Å². The summed E-state index contributed by atoms with van der Waals surface area (Å²) in [6, 6.07) is 9.29. The van der Waals surface area contributed by atoms with Crippen LogP contribution in [0.15, 0.2) is 24.3 Å². The maximum Gasteiger partial charge on any atom is 0.0923 e. The van der Waals surface area contributed by atoms with Crippen molar-refractivity contribution in [3.63, 3.8) is 0 Å². The first kappa shape index (κ1) is 13.1. The molecule has 2 unspecified atom stereocenters. The summed E-state index contributed by atoms with van der Waals surface area (Å²) in [5, 5.41) is 11.0. The molecule has 104 valence electrons. The smallest absolute Gasteiger partial charge is 0.0923 e. The van der Waals surface area contributed by atoms with Gasteiger partial charge in [-0.25, -0.2) is 0 Å². The van der Waals surface area contributed by atoms with Crippen molar-refractivity contribution < 1.29 is 5.11 Å². The van der Waals surface area contributed by atoms with Gasteiger partial charge in [-0.15, -0.1) is 0 Å². The molecule has 0 spiro atoms. The number of aryl methyl sites for hydroxylation is 1. The average Bonchev–Trinajstić information content (AvgIpc) is 2.87. The average molecular weight is 259 g/mol. The standard InChI is InChI=1S/C17H25NO/c1-2-4-14-6-8-15(9-7-14)17(19)10-12-18-11-3-5-16(18)13-17/h6-9,16,19H,2-5,10-13H2,1H3. The molecule has 2 heteroatoms. The van der Waals surface area contributed by atoms with Crippen molar-refractivity contribution in [2.24, 2.45) is 0 Å². The lowest BCUT2D eigenvalue weighted by atomic mass is 9.80. The molecule has 2 aliphatic heterocycles. The Bertz CT molecular complexity index is 427. The van der Waals surface area contributed by atoms with Crippen LogP contribution in [0.1, 0.15) is 50.2 Å². The van der Waals surface area contributed by atoms with Gasteiger partial charge in [0.15, 0.2) is 0 Å². The third-order valence-corrected chi connectivity index (χ3v) is 4.91. The summed E-state index contributed by atoms with van der Waals surface area (Å²) in [5.41, 5.74) is 1.92. The third kappa shape index (κ3) is 2.56. The van der Waals surface area contributed by atoms with Gasteiger partial charge in [0.1, 0.15) is 0 Å². The Balaban J connectivity index is 1.76. The number of aliphatic hydroxyl groups is 1. The summed E-state index contributed by atoms with van der Waals surface area (Å²) in [7, 11) is 0. The Hall–Kier alpha value is -0.860. The molecule has 2 atom stereocenters. The van der Waals surface area contributed by atoms with Crippen molar-refractivity contribution in [2.75, 3.05) is 13.1 Å². The van der Waals surface area contributed by atoms with Gasteiger partial charge in [-0.3, -0.25) is 0 Å². The number of nitrogens with zero attached hydrogens (tertiary/aromatic N) is 1. The summed E-state index contributed by atoms with van der Waals surface area (Å²) >= 11 is 0. The van der Waals surface area contributed by atoms with Gasteiger partial charge in [0.05, 0.1) is 5.60 Å². The minimum atomic E-state index is -0.587. The zero-order chi connectivity index (χ0) is 13.3. The highest BCUT2D eigenvalue weighted by Crippen LogP contribution is 2.39. The summed E-state index contributed by atoms with van der Waals surface area (Å²) in [6.45, 7) is 4.49. The largest absolute Gasteiger partial charge is 0.385 e. The number of piperidine rings is 1. The van der Waals surface area contributed by atoms with E-state index in [2.05, 4.69) is 36.1 Å². The van der Waals surface area contributed by atoms with E-state index in [1.54, 1.807) is 0 Å². The maximum absolute atomic E-state index is 11.0. The highest BCUT2D eigenvalue weighted by molar-refractivity contribution is 5.28. The van der Waals surface area contributed by atoms with Gasteiger partial charge in [-0.1, -0.05) is 37.6 Å². The van der Waals surface area contributed by atoms with Gasteiger partial charge in [0, 0.05) is 12.6 Å². The van der Waals surface area contributed by atoms with E-state index in [-0.39, 0.29) is 0 Å². The highest BCUT2D eigenvalue weighted by atomic mass is 16.3. The lowest BCUT2D eigenvalue weighted by Gasteiger charge is -2.41. The van der Waals surface area contributed by atoms with E-state index >= 15 is 0 Å². The summed E-state index contributed by atoms with van der Waals surface area (Å²) in [6.07, 6.45) is 6.68. The van der Waals surface area contributed by atoms with Gasteiger partial charge in [0.2, 0.25) is 0 Å². The Morgan fingerprint density at radius 3 is 2.79 bits per heavy atom. The van der Waals surface area contributed by atoms with E-state index in [0.717, 1.165) is 31.4 Å². The van der Waals surface area contributed by atoms with Crippen LogP contribution in [0.25, 0.3) is 0 Å². The van der Waals surface area contributed by atoms with Gasteiger partial charge in [0.25, 0.3) is 0 Å². The van der Waals surface area contributed by atoms with Gasteiger partial charge in [-0.2, -0.15) is 0 Å². The first-order valence-corrected chi connectivity index (χ1v) is 7.77. The fraction of sp³-hybridized carbons (Fsp3) is 0.647. The molecule has 0 saturated carbocycles. The van der Waals surface area contributed by atoms with Crippen molar-refractivity contribution in [2.45, 2.75) is 57.1 Å². The molecular formula is C17H25NO. The first-order chi connectivity index (χ1) is 9.21. The molecule has 2 nitrogen and oxygen atoms in total. The van der Waals surface area contributed by atoms with E-state index in [9.17, 15) is 5.11 Å². The zero-order valence-electron chi connectivity index (χ0n) is 11.9. The van der Waals surface area contributed by atoms with E-state index in [0.29, 0.717) is 6.04 Å². The Morgan fingerprint density at radius 1 is 1.26 bits per heavy atom. The predicted molar refractivity (Wildman–Crippen MR) is 78.2 cm³/mol. The lowest BCUT2D eigenvalue weighted by Crippen LogP contribution is -2.45. The molecule has 1 aromatic rings. The van der Waals surface area contributed by atoms with Crippen LogP contribution in [-0.4, -0.2) is 29.1 Å². The van der Waals surface area contributed by atoms with Crippen molar-refractivity contribution in [3.05, 3.63) is 35.4 Å². The van der Waals surface area contributed by atoms with Crippen LogP contribution in [0.4, 0.5) is 0 Å². The van der Waals surface area contributed by atoms with Crippen molar-refractivity contribution in [3.8, 4) is 0 Å². The second-order valence-corrected chi connectivity index (χ2v) is 6.26. The SMILES string of the molecule is CCCc1ccc(C2(O)CCN3CCCC3C2)cc1. The normalized spacial score (nSPS) is 31.4. The fourth-order valence-electron chi connectivity index (χ4n) is 3.77. The summed E-state index contributed by atoms with van der Waals surface area (Å²) in [5.74, 6) is 0. The number of hydrogen-bond donors (Lipinski definition) is 1. The van der Waals surface area contributed by atoms with E-state index < -0.39 is 5.60 Å². The second-order valence-electron chi connectivity index (χ2n) is 6.26. The molecule has 2 heterocycles. The number of benzene rings is 1. The minimum Gasteiger partial charge on any atom is -0.385 e. The van der Waals surface area contributed by atoms with Gasteiger partial charge >= 0.3 is 0 Å². The highest BCUT2D eigenvalue weighted by Gasteiger charge is 2.41. The fourth-order valence-corrected chi connectivity index (χ4v) is 3.77. The van der Waals surface area contributed by atoms with Crippen LogP contribution in [0.5, 0.6) is 0 Å². The van der Waals surface area contributed by atoms with Crippen LogP contribution in [0, 0.1) is 0 Å². The quantitative estimate of drug-likeness (QED) is 0.901. The van der Waals surface area contributed by atoms with Crippen LogP contribution < -0.4 is 0 Å². The molecule has 2 saturated heterocycles. The molecule has 0 amide bonds.